The number of rotatable bonds is 9. The summed E-state index contributed by atoms with van der Waals surface area (Å²) in [6.07, 6.45) is 1.01. The molecular weight excluding hydrogens is 473 g/mol. The van der Waals surface area contributed by atoms with Crippen LogP contribution in [0.3, 0.4) is 0 Å². The van der Waals surface area contributed by atoms with Crippen LogP contribution in [0.15, 0.2) is 60.7 Å². The molecule has 0 saturated heterocycles. The van der Waals surface area contributed by atoms with E-state index < -0.39 is 0 Å². The molecule has 3 aromatic carbocycles. The monoisotopic (exact) mass is 501 g/mol. The number of aryl methyl sites for hydroxylation is 2. The lowest BCUT2D eigenvalue weighted by Crippen LogP contribution is -2.05. The highest BCUT2D eigenvalue weighted by Crippen LogP contribution is 2.35. The van der Waals surface area contributed by atoms with Crippen LogP contribution < -0.4 is 14.8 Å². The summed E-state index contributed by atoms with van der Waals surface area (Å²) in [5.41, 5.74) is 6.08. The Bertz CT molecular complexity index is 938. The molecule has 0 atom stereocenters. The van der Waals surface area contributed by atoms with Crippen molar-refractivity contribution >= 4 is 28.3 Å². The minimum atomic E-state index is 0.526. The third kappa shape index (κ3) is 5.89. The van der Waals surface area contributed by atoms with Gasteiger partial charge in [0.15, 0.2) is 11.5 Å². The lowest BCUT2D eigenvalue weighted by molar-refractivity contribution is 0.267. The zero-order valence-corrected chi connectivity index (χ0v) is 19.5. The van der Waals surface area contributed by atoms with E-state index in [0.717, 1.165) is 33.6 Å². The normalized spacial score (nSPS) is 10.6. The maximum atomic E-state index is 6.15. The fourth-order valence-corrected chi connectivity index (χ4v) is 3.99. The first-order valence-electron chi connectivity index (χ1n) is 10.1. The van der Waals surface area contributed by atoms with Gasteiger partial charge in [0.05, 0.1) is 10.2 Å². The number of hydrogen-bond acceptors (Lipinski definition) is 3. The Morgan fingerprint density at radius 3 is 2.38 bits per heavy atom. The first kappa shape index (κ1) is 21.5. The molecule has 4 heteroatoms. The van der Waals surface area contributed by atoms with Crippen LogP contribution in [-0.4, -0.2) is 6.61 Å². The lowest BCUT2D eigenvalue weighted by atomic mass is 10.1. The number of ether oxygens (including phenoxy) is 2. The molecule has 0 spiro atoms. The van der Waals surface area contributed by atoms with Gasteiger partial charge in [0.2, 0.25) is 0 Å². The molecule has 0 aliphatic rings. The molecule has 0 aromatic heterocycles. The standard InChI is InChI=1S/C25H28INO2/c1-4-21-8-6-7-9-23(21)27-16-20-14-22(26)25(24(15-20)28-5-2)29-17-19-12-10-18(3)11-13-19/h6-15,27H,4-5,16-17H2,1-3H3. The molecule has 0 bridgehead atoms. The van der Waals surface area contributed by atoms with Crippen molar-refractivity contribution in [3.8, 4) is 11.5 Å². The first-order valence-corrected chi connectivity index (χ1v) is 11.1. The van der Waals surface area contributed by atoms with Crippen LogP contribution in [0.5, 0.6) is 11.5 Å². The van der Waals surface area contributed by atoms with Crippen molar-refractivity contribution in [2.45, 2.75) is 40.3 Å². The number of benzene rings is 3. The second-order valence-corrected chi connectivity index (χ2v) is 8.14. The zero-order chi connectivity index (χ0) is 20.6. The van der Waals surface area contributed by atoms with Crippen molar-refractivity contribution in [2.75, 3.05) is 11.9 Å². The van der Waals surface area contributed by atoms with Crippen molar-refractivity contribution in [3.63, 3.8) is 0 Å². The summed E-state index contributed by atoms with van der Waals surface area (Å²) in [6.45, 7) is 8.14. The molecule has 1 N–H and O–H groups in total. The Hall–Kier alpha value is -2.21. The minimum absolute atomic E-state index is 0.526. The summed E-state index contributed by atoms with van der Waals surface area (Å²) < 4.78 is 13.1. The van der Waals surface area contributed by atoms with E-state index in [1.165, 1.54) is 22.4 Å². The van der Waals surface area contributed by atoms with Gasteiger partial charge in [-0.15, -0.1) is 0 Å². The van der Waals surface area contributed by atoms with Gasteiger partial charge in [-0.2, -0.15) is 0 Å². The van der Waals surface area contributed by atoms with Crippen LogP contribution in [0.25, 0.3) is 0 Å². The van der Waals surface area contributed by atoms with E-state index in [4.69, 9.17) is 9.47 Å². The number of halogens is 1. The van der Waals surface area contributed by atoms with E-state index >= 15 is 0 Å². The van der Waals surface area contributed by atoms with Crippen molar-refractivity contribution in [1.29, 1.82) is 0 Å². The van der Waals surface area contributed by atoms with Gasteiger partial charge in [-0.3, -0.25) is 0 Å². The van der Waals surface area contributed by atoms with Crippen LogP contribution in [0.2, 0.25) is 0 Å². The Labute approximate surface area is 187 Å². The summed E-state index contributed by atoms with van der Waals surface area (Å²) in [4.78, 5) is 0. The minimum Gasteiger partial charge on any atom is -0.490 e. The average molecular weight is 501 g/mol. The number of hydrogen-bond donors (Lipinski definition) is 1. The first-order chi connectivity index (χ1) is 14.1. The maximum absolute atomic E-state index is 6.15. The van der Waals surface area contributed by atoms with Gasteiger partial charge in [0.1, 0.15) is 6.61 Å². The highest BCUT2D eigenvalue weighted by molar-refractivity contribution is 14.1. The second-order valence-electron chi connectivity index (χ2n) is 6.98. The molecule has 0 heterocycles. The molecular formula is C25H28INO2. The molecule has 3 aromatic rings. The van der Waals surface area contributed by atoms with E-state index in [9.17, 15) is 0 Å². The third-order valence-electron chi connectivity index (χ3n) is 4.75. The van der Waals surface area contributed by atoms with Crippen LogP contribution in [0, 0.1) is 10.5 Å². The van der Waals surface area contributed by atoms with Gasteiger partial charge in [-0.05, 0) is 77.7 Å². The Balaban J connectivity index is 1.75. The molecule has 0 aliphatic heterocycles. The fraction of sp³-hybridized carbons (Fsp3) is 0.280. The van der Waals surface area contributed by atoms with Gasteiger partial charge < -0.3 is 14.8 Å². The SMILES string of the molecule is CCOc1cc(CNc2ccccc2CC)cc(I)c1OCc1ccc(C)cc1. The third-order valence-corrected chi connectivity index (χ3v) is 5.56. The molecule has 0 radical (unpaired) electrons. The van der Waals surface area contributed by atoms with Gasteiger partial charge in [0, 0.05) is 12.2 Å². The van der Waals surface area contributed by atoms with Gasteiger partial charge in [-0.25, -0.2) is 0 Å². The number of nitrogens with one attached hydrogen (secondary N) is 1. The van der Waals surface area contributed by atoms with E-state index in [2.05, 4.69) is 102 Å². The van der Waals surface area contributed by atoms with Gasteiger partial charge >= 0.3 is 0 Å². The molecule has 0 aliphatic carbocycles. The highest BCUT2D eigenvalue weighted by Gasteiger charge is 2.13. The number of para-hydroxylation sites is 1. The average Bonchev–Trinajstić information content (AvgIpc) is 2.73. The van der Waals surface area contributed by atoms with Crippen molar-refractivity contribution in [3.05, 3.63) is 86.5 Å². The smallest absolute Gasteiger partial charge is 0.174 e. The fourth-order valence-electron chi connectivity index (χ4n) is 3.16. The van der Waals surface area contributed by atoms with E-state index in [1.54, 1.807) is 0 Å². The molecule has 29 heavy (non-hydrogen) atoms. The maximum Gasteiger partial charge on any atom is 0.174 e. The molecule has 152 valence electrons. The van der Waals surface area contributed by atoms with Gasteiger partial charge in [0.25, 0.3) is 0 Å². The summed E-state index contributed by atoms with van der Waals surface area (Å²) in [5.74, 6) is 1.61. The number of anilines is 1. The molecule has 0 unspecified atom stereocenters. The summed E-state index contributed by atoms with van der Waals surface area (Å²) in [7, 11) is 0. The van der Waals surface area contributed by atoms with E-state index in [1.807, 2.05) is 6.92 Å². The quantitative estimate of drug-likeness (QED) is 0.329. The van der Waals surface area contributed by atoms with Crippen LogP contribution in [0.1, 0.15) is 36.1 Å². The highest BCUT2D eigenvalue weighted by atomic mass is 127. The van der Waals surface area contributed by atoms with Crippen molar-refractivity contribution in [2.24, 2.45) is 0 Å². The second kappa shape index (κ2) is 10.5. The molecule has 0 amide bonds. The molecule has 0 saturated carbocycles. The van der Waals surface area contributed by atoms with Crippen molar-refractivity contribution < 1.29 is 9.47 Å². The predicted molar refractivity (Wildman–Crippen MR) is 129 cm³/mol. The predicted octanol–water partition coefficient (Wildman–Crippen LogP) is 6.75. The van der Waals surface area contributed by atoms with Crippen molar-refractivity contribution in [1.82, 2.24) is 0 Å². The van der Waals surface area contributed by atoms with Gasteiger partial charge in [-0.1, -0.05) is 55.0 Å². The molecule has 0 fully saturated rings. The largest absolute Gasteiger partial charge is 0.490 e. The van der Waals surface area contributed by atoms with Crippen LogP contribution in [-0.2, 0) is 19.6 Å². The topological polar surface area (TPSA) is 30.5 Å². The summed E-state index contributed by atoms with van der Waals surface area (Å²) in [5, 5.41) is 3.56. The zero-order valence-electron chi connectivity index (χ0n) is 17.3. The lowest BCUT2D eigenvalue weighted by Gasteiger charge is -2.17. The molecule has 3 rings (SSSR count). The van der Waals surface area contributed by atoms with E-state index in [0.29, 0.717) is 13.2 Å². The van der Waals surface area contributed by atoms with E-state index in [-0.39, 0.29) is 0 Å². The Morgan fingerprint density at radius 2 is 1.66 bits per heavy atom. The Kier molecular flexibility index (Phi) is 7.81. The summed E-state index contributed by atoms with van der Waals surface area (Å²) >= 11 is 2.34. The van der Waals surface area contributed by atoms with Crippen LogP contribution in [0.4, 0.5) is 5.69 Å². The molecule has 3 nitrogen and oxygen atoms in total. The Morgan fingerprint density at radius 1 is 0.897 bits per heavy atom. The summed E-state index contributed by atoms with van der Waals surface area (Å²) in [6, 6.07) is 21.1. The van der Waals surface area contributed by atoms with Crippen LogP contribution >= 0.6 is 22.6 Å².